The molecule has 0 radical (unpaired) electrons. The number of benzene rings is 1. The van der Waals surface area contributed by atoms with Gasteiger partial charge in [-0.1, -0.05) is 31.2 Å². The van der Waals surface area contributed by atoms with Crippen LogP contribution in [-0.2, 0) is 11.2 Å². The van der Waals surface area contributed by atoms with Gasteiger partial charge in [0.05, 0.1) is 12.7 Å². The maximum atomic E-state index is 6.08. The average Bonchev–Trinajstić information content (AvgIpc) is 2.52. The summed E-state index contributed by atoms with van der Waals surface area (Å²) in [6.45, 7) is 4.21. The summed E-state index contributed by atoms with van der Waals surface area (Å²) in [5.41, 5.74) is 2.88. The van der Waals surface area contributed by atoms with Crippen molar-refractivity contribution in [3.8, 4) is 0 Å². The minimum atomic E-state index is 0.273. The van der Waals surface area contributed by atoms with Crippen LogP contribution >= 0.6 is 0 Å². The summed E-state index contributed by atoms with van der Waals surface area (Å²) in [4.78, 5) is 0. The summed E-state index contributed by atoms with van der Waals surface area (Å²) >= 11 is 0. The quantitative estimate of drug-likeness (QED) is 0.720. The highest BCUT2D eigenvalue weighted by molar-refractivity contribution is 5.33. The number of hydrogen-bond acceptors (Lipinski definition) is 2. The molecule has 0 amide bonds. The van der Waals surface area contributed by atoms with Gasteiger partial charge in [0.15, 0.2) is 0 Å². The van der Waals surface area contributed by atoms with Crippen molar-refractivity contribution in [1.82, 2.24) is 5.32 Å². The molecule has 1 fully saturated rings. The predicted octanol–water partition coefficient (Wildman–Crippen LogP) is 2.30. The number of hydrogen-bond donors (Lipinski definition) is 1. The fourth-order valence-corrected chi connectivity index (χ4v) is 2.81. The zero-order valence-corrected chi connectivity index (χ0v) is 9.78. The summed E-state index contributed by atoms with van der Waals surface area (Å²) < 4.78 is 6.08. The summed E-state index contributed by atoms with van der Waals surface area (Å²) in [5.74, 6) is 0.623. The minimum absolute atomic E-state index is 0.273. The Morgan fingerprint density at radius 1 is 1.31 bits per heavy atom. The van der Waals surface area contributed by atoms with Gasteiger partial charge in [0.25, 0.3) is 0 Å². The predicted molar refractivity (Wildman–Crippen MR) is 64.4 cm³/mol. The molecule has 2 aliphatic rings. The monoisotopic (exact) mass is 217 g/mol. The number of rotatable bonds is 0. The molecule has 1 aromatic carbocycles. The Morgan fingerprint density at radius 3 is 3.12 bits per heavy atom. The lowest BCUT2D eigenvalue weighted by molar-refractivity contribution is 0.0238. The Hall–Kier alpha value is -0.860. The molecule has 3 rings (SSSR count). The van der Waals surface area contributed by atoms with Crippen molar-refractivity contribution < 1.29 is 4.74 Å². The second kappa shape index (κ2) is 4.19. The standard InChI is InChI=1S/C14H19NO/c1-10-8-15-13-7-6-11-4-2-3-5-12(11)14(13)16-9-10/h2-5,10,13-15H,6-9H2,1H3. The lowest BCUT2D eigenvalue weighted by atomic mass is 9.86. The Balaban J connectivity index is 1.92. The molecule has 2 heteroatoms. The van der Waals surface area contributed by atoms with Crippen LogP contribution in [0.4, 0.5) is 0 Å². The molecule has 3 unspecified atom stereocenters. The lowest BCUT2D eigenvalue weighted by Crippen LogP contribution is -2.38. The van der Waals surface area contributed by atoms with E-state index in [-0.39, 0.29) is 6.10 Å². The first-order chi connectivity index (χ1) is 7.84. The number of ether oxygens (including phenoxy) is 1. The third-order valence-electron chi connectivity index (χ3n) is 3.74. The van der Waals surface area contributed by atoms with Crippen LogP contribution in [0, 0.1) is 5.92 Å². The van der Waals surface area contributed by atoms with Gasteiger partial charge in [0, 0.05) is 12.6 Å². The maximum Gasteiger partial charge on any atom is 0.0980 e. The van der Waals surface area contributed by atoms with E-state index in [0.29, 0.717) is 12.0 Å². The van der Waals surface area contributed by atoms with Gasteiger partial charge in [-0.3, -0.25) is 0 Å². The van der Waals surface area contributed by atoms with Crippen LogP contribution in [0.2, 0.25) is 0 Å². The third-order valence-corrected chi connectivity index (χ3v) is 3.74. The van der Waals surface area contributed by atoms with E-state index in [9.17, 15) is 0 Å². The zero-order valence-electron chi connectivity index (χ0n) is 9.78. The van der Waals surface area contributed by atoms with E-state index in [2.05, 4.69) is 36.5 Å². The highest BCUT2D eigenvalue weighted by Crippen LogP contribution is 2.34. The van der Waals surface area contributed by atoms with Gasteiger partial charge in [-0.2, -0.15) is 0 Å². The van der Waals surface area contributed by atoms with E-state index >= 15 is 0 Å². The molecule has 0 aromatic heterocycles. The number of fused-ring (bicyclic) bond motifs is 3. The number of nitrogens with one attached hydrogen (secondary N) is 1. The maximum absolute atomic E-state index is 6.08. The van der Waals surface area contributed by atoms with Crippen molar-refractivity contribution >= 4 is 0 Å². The topological polar surface area (TPSA) is 21.3 Å². The largest absolute Gasteiger partial charge is 0.372 e. The van der Waals surface area contributed by atoms with E-state index in [4.69, 9.17) is 4.74 Å². The normalized spacial score (nSPS) is 33.7. The van der Waals surface area contributed by atoms with Crippen LogP contribution in [0.15, 0.2) is 24.3 Å². The fourth-order valence-electron chi connectivity index (χ4n) is 2.81. The molecule has 1 saturated heterocycles. The first kappa shape index (κ1) is 10.3. The van der Waals surface area contributed by atoms with E-state index in [1.54, 1.807) is 0 Å². The van der Waals surface area contributed by atoms with Crippen LogP contribution in [0.5, 0.6) is 0 Å². The van der Waals surface area contributed by atoms with Crippen molar-refractivity contribution in [2.75, 3.05) is 13.2 Å². The summed E-state index contributed by atoms with van der Waals surface area (Å²) in [5, 5.41) is 3.65. The van der Waals surface area contributed by atoms with Gasteiger partial charge in [0.1, 0.15) is 0 Å². The van der Waals surface area contributed by atoms with Gasteiger partial charge < -0.3 is 10.1 Å². The molecule has 3 atom stereocenters. The van der Waals surface area contributed by atoms with E-state index in [0.717, 1.165) is 13.2 Å². The Bertz CT molecular complexity index is 377. The molecule has 16 heavy (non-hydrogen) atoms. The number of aryl methyl sites for hydroxylation is 1. The molecule has 2 nitrogen and oxygen atoms in total. The van der Waals surface area contributed by atoms with E-state index in [1.165, 1.54) is 24.0 Å². The highest BCUT2D eigenvalue weighted by atomic mass is 16.5. The second-order valence-electron chi connectivity index (χ2n) is 5.11. The average molecular weight is 217 g/mol. The van der Waals surface area contributed by atoms with Crippen LogP contribution < -0.4 is 5.32 Å². The third kappa shape index (κ3) is 1.76. The van der Waals surface area contributed by atoms with E-state index < -0.39 is 0 Å². The molecule has 0 spiro atoms. The van der Waals surface area contributed by atoms with Crippen LogP contribution in [-0.4, -0.2) is 19.2 Å². The van der Waals surface area contributed by atoms with E-state index in [1.807, 2.05) is 0 Å². The van der Waals surface area contributed by atoms with Gasteiger partial charge in [-0.25, -0.2) is 0 Å². The summed E-state index contributed by atoms with van der Waals surface area (Å²) in [7, 11) is 0. The molecular weight excluding hydrogens is 198 g/mol. The van der Waals surface area contributed by atoms with Gasteiger partial charge in [-0.15, -0.1) is 0 Å². The Morgan fingerprint density at radius 2 is 2.19 bits per heavy atom. The Kier molecular flexibility index (Phi) is 2.70. The smallest absolute Gasteiger partial charge is 0.0980 e. The fraction of sp³-hybridized carbons (Fsp3) is 0.571. The molecule has 1 aromatic rings. The molecule has 0 saturated carbocycles. The summed E-state index contributed by atoms with van der Waals surface area (Å²) in [6.07, 6.45) is 2.66. The first-order valence-electron chi connectivity index (χ1n) is 6.27. The van der Waals surface area contributed by atoms with Gasteiger partial charge in [-0.05, 0) is 29.9 Å². The SMILES string of the molecule is CC1CNC2CCc3ccccc3C2OC1. The zero-order chi connectivity index (χ0) is 11.0. The molecule has 1 aliphatic carbocycles. The molecule has 1 aliphatic heterocycles. The second-order valence-corrected chi connectivity index (χ2v) is 5.11. The van der Waals surface area contributed by atoms with Crippen LogP contribution in [0.25, 0.3) is 0 Å². The molecule has 1 heterocycles. The van der Waals surface area contributed by atoms with Gasteiger partial charge >= 0.3 is 0 Å². The Labute approximate surface area is 97.0 Å². The van der Waals surface area contributed by atoms with Crippen LogP contribution in [0.1, 0.15) is 30.6 Å². The lowest BCUT2D eigenvalue weighted by Gasteiger charge is -2.32. The van der Waals surface area contributed by atoms with Gasteiger partial charge in [0.2, 0.25) is 0 Å². The molecule has 1 N–H and O–H groups in total. The van der Waals surface area contributed by atoms with Crippen molar-refractivity contribution in [2.24, 2.45) is 5.92 Å². The van der Waals surface area contributed by atoms with Crippen molar-refractivity contribution in [1.29, 1.82) is 0 Å². The van der Waals surface area contributed by atoms with Crippen molar-refractivity contribution in [3.05, 3.63) is 35.4 Å². The molecular formula is C14H19NO. The van der Waals surface area contributed by atoms with Crippen molar-refractivity contribution in [2.45, 2.75) is 31.9 Å². The minimum Gasteiger partial charge on any atom is -0.372 e. The van der Waals surface area contributed by atoms with Crippen molar-refractivity contribution in [3.63, 3.8) is 0 Å². The first-order valence-corrected chi connectivity index (χ1v) is 6.27. The molecule has 0 bridgehead atoms. The molecule has 86 valence electrons. The van der Waals surface area contributed by atoms with Crippen LogP contribution in [0.3, 0.4) is 0 Å². The highest BCUT2D eigenvalue weighted by Gasteiger charge is 2.32. The summed E-state index contributed by atoms with van der Waals surface area (Å²) in [6, 6.07) is 9.23.